The fourth-order valence-electron chi connectivity index (χ4n) is 8.90. The summed E-state index contributed by atoms with van der Waals surface area (Å²) in [4.78, 5) is 53.2. The van der Waals surface area contributed by atoms with Gasteiger partial charge in [-0.2, -0.15) is 0 Å². The van der Waals surface area contributed by atoms with Crippen molar-refractivity contribution in [3.05, 3.63) is 23.8 Å². The van der Waals surface area contributed by atoms with E-state index < -0.39 is 95.1 Å². The molecule has 0 unspecified atom stereocenters. The Balaban J connectivity index is 1.69. The third-order valence-electron chi connectivity index (χ3n) is 12.1. The molecule has 17 nitrogen and oxygen atoms in total. The standard InChI is InChI=1S/C42H62FN5O12/c1-12-31-42(9,53)36-23(4)32(45-25(6)49)21(2)17-40(7,55-20-27(19-54-36)46-56-18-26-13-14-30-28(16-26)37(44)47-60-30)35(24(5)34(51)41(8,43)39(52)58-31)59-38-33(50)29(48(10)11)15-22(3)57-38/h13-14,16,21-24,29,31,33,35-36,38,50,53H,12,15,17-20H2,1-11H3,(H2,44,47)/b45-32+,46-27+/t21-,22-,23+,24+,29+,31-,33-,35-,36-,38+,40-,41+,42-/m1/s1. The number of halogens is 1. The van der Waals surface area contributed by atoms with Gasteiger partial charge in [-0.25, -0.2) is 14.2 Å². The molecule has 1 aromatic carbocycles. The topological polar surface area (TPSA) is 227 Å². The maximum atomic E-state index is 16.9. The number of aliphatic imine (C=N–C) groups is 1. The number of aliphatic hydroxyl groups is 2. The molecule has 334 valence electrons. The number of ether oxygens (including phenoxy) is 5. The van der Waals surface area contributed by atoms with Gasteiger partial charge in [0.15, 0.2) is 23.5 Å². The maximum Gasteiger partial charge on any atom is 0.351 e. The Kier molecular flexibility index (Phi) is 14.6. The largest absolute Gasteiger partial charge is 0.457 e. The molecule has 3 aliphatic heterocycles. The van der Waals surface area contributed by atoms with Crippen LogP contribution in [0.15, 0.2) is 32.9 Å². The van der Waals surface area contributed by atoms with Crippen molar-refractivity contribution >= 4 is 45.9 Å². The van der Waals surface area contributed by atoms with E-state index in [0.29, 0.717) is 28.7 Å². The number of anilines is 1. The van der Waals surface area contributed by atoms with Crippen LogP contribution in [-0.4, -0.2) is 136 Å². The SMILES string of the molecule is CC[C@H]1OC(=O)[C@@](C)(F)C(=O)[C@H](C)[C@@H](O[C@@H]2O[C@H](C)C[C@H](N(C)C)[C@H]2O)[C@@]2(C)C[C@@H](C)/C(=N\C(C)=O)[C@H](C)[C@@H](OC/C(=N\OCc3ccc4onc(N)c4c3)CO2)[C@]1(C)O. The van der Waals surface area contributed by atoms with Gasteiger partial charge < -0.3 is 53.9 Å². The van der Waals surface area contributed by atoms with Gasteiger partial charge >= 0.3 is 5.97 Å². The molecule has 2 bridgehead atoms. The predicted molar refractivity (Wildman–Crippen MR) is 218 cm³/mol. The zero-order chi connectivity index (χ0) is 44.5. The first-order valence-electron chi connectivity index (χ1n) is 20.5. The number of carbonyl (C=O) groups is 3. The van der Waals surface area contributed by atoms with Crippen molar-refractivity contribution in [2.45, 2.75) is 148 Å². The van der Waals surface area contributed by atoms with E-state index in [-0.39, 0.29) is 44.2 Å². The number of nitrogens with zero attached hydrogens (tertiary/aromatic N) is 4. The summed E-state index contributed by atoms with van der Waals surface area (Å²) in [7, 11) is 3.62. The van der Waals surface area contributed by atoms with Gasteiger partial charge in [0, 0.05) is 30.5 Å². The number of benzene rings is 1. The van der Waals surface area contributed by atoms with Crippen molar-refractivity contribution in [3.8, 4) is 0 Å². The second-order valence-corrected chi connectivity index (χ2v) is 17.4. The van der Waals surface area contributed by atoms with Crippen LogP contribution in [0.3, 0.4) is 0 Å². The van der Waals surface area contributed by atoms with E-state index in [4.69, 9.17) is 38.8 Å². The highest BCUT2D eigenvalue weighted by Crippen LogP contribution is 2.41. The van der Waals surface area contributed by atoms with Gasteiger partial charge in [0.1, 0.15) is 30.1 Å². The van der Waals surface area contributed by atoms with E-state index in [1.807, 2.05) is 32.8 Å². The van der Waals surface area contributed by atoms with E-state index in [1.54, 1.807) is 39.0 Å². The molecule has 0 spiro atoms. The number of nitrogens with two attached hydrogens (primary N) is 1. The van der Waals surface area contributed by atoms with Crippen LogP contribution in [0, 0.1) is 17.8 Å². The highest BCUT2D eigenvalue weighted by molar-refractivity contribution is 6.08. The summed E-state index contributed by atoms with van der Waals surface area (Å²) in [5.74, 6) is -5.93. The predicted octanol–water partition coefficient (Wildman–Crippen LogP) is 3.94. The molecule has 3 aliphatic rings. The van der Waals surface area contributed by atoms with Crippen molar-refractivity contribution in [2.75, 3.05) is 33.0 Å². The molecule has 4 N–H and O–H groups in total. The van der Waals surface area contributed by atoms with Crippen molar-refractivity contribution in [1.82, 2.24) is 10.1 Å². The number of nitrogen functional groups attached to an aromatic ring is 1. The Labute approximate surface area is 350 Å². The molecule has 13 atom stereocenters. The van der Waals surface area contributed by atoms with E-state index in [9.17, 15) is 24.6 Å². The summed E-state index contributed by atoms with van der Waals surface area (Å²) < 4.78 is 53.9. The van der Waals surface area contributed by atoms with Crippen LogP contribution in [0.25, 0.3) is 11.0 Å². The highest BCUT2D eigenvalue weighted by atomic mass is 19.1. The number of alkyl halides is 1. The Morgan fingerprint density at radius 3 is 2.47 bits per heavy atom. The van der Waals surface area contributed by atoms with E-state index in [0.717, 1.165) is 6.92 Å². The lowest BCUT2D eigenvalue weighted by molar-refractivity contribution is -0.296. The number of rotatable bonds is 7. The van der Waals surface area contributed by atoms with E-state index in [2.05, 4.69) is 15.3 Å². The Hall–Kier alpha value is -3.91. The van der Waals surface area contributed by atoms with E-state index in [1.165, 1.54) is 20.8 Å². The lowest BCUT2D eigenvalue weighted by Crippen LogP contribution is -2.61. The number of ketones is 1. The van der Waals surface area contributed by atoms with Crippen LogP contribution in [-0.2, 0) is 49.5 Å². The molecule has 3 fully saturated rings. The van der Waals surface area contributed by atoms with Crippen molar-refractivity contribution in [3.63, 3.8) is 0 Å². The molecule has 4 heterocycles. The average molecular weight is 848 g/mol. The monoisotopic (exact) mass is 847 g/mol. The van der Waals surface area contributed by atoms with E-state index >= 15 is 4.39 Å². The van der Waals surface area contributed by atoms with Crippen molar-refractivity contribution in [1.29, 1.82) is 0 Å². The average Bonchev–Trinajstić information content (AvgIpc) is 3.54. The number of oxime groups is 1. The molecule has 5 rings (SSSR count). The molecule has 1 amide bonds. The van der Waals surface area contributed by atoms with Gasteiger partial charge in [-0.1, -0.05) is 44.1 Å². The van der Waals surface area contributed by atoms with Gasteiger partial charge in [0.25, 0.3) is 5.67 Å². The molecule has 0 saturated carbocycles. The molecule has 1 aromatic heterocycles. The summed E-state index contributed by atoms with van der Waals surface area (Å²) in [6.07, 6.45) is -6.55. The van der Waals surface area contributed by atoms with Crippen molar-refractivity contribution < 1.29 is 62.0 Å². The number of fused-ring (bicyclic) bond motifs is 6. The van der Waals surface area contributed by atoms with Gasteiger partial charge in [0.05, 0.1) is 42.5 Å². The second-order valence-electron chi connectivity index (χ2n) is 17.4. The summed E-state index contributed by atoms with van der Waals surface area (Å²) in [6.45, 7) is 12.9. The molecule has 0 aliphatic carbocycles. The fraction of sp³-hybridized carbons (Fsp3) is 0.714. The third-order valence-corrected chi connectivity index (χ3v) is 12.1. The number of carbonyl (C=O) groups excluding carboxylic acids is 3. The number of aliphatic hydroxyl groups excluding tert-OH is 1. The molecule has 3 saturated heterocycles. The molecular weight excluding hydrogens is 785 g/mol. The molecule has 2 aromatic rings. The normalized spacial score (nSPS) is 39.0. The number of aromatic nitrogens is 1. The lowest BCUT2D eigenvalue weighted by atomic mass is 9.73. The van der Waals surface area contributed by atoms with Gasteiger partial charge in [-0.05, 0) is 84.7 Å². The maximum absolute atomic E-state index is 16.9. The number of amides is 1. The van der Waals surface area contributed by atoms with Crippen LogP contribution in [0.4, 0.5) is 10.2 Å². The Morgan fingerprint density at radius 2 is 1.82 bits per heavy atom. The van der Waals surface area contributed by atoms with Crippen LogP contribution in [0.5, 0.6) is 0 Å². The summed E-state index contributed by atoms with van der Waals surface area (Å²) in [6, 6.07) is 4.81. The van der Waals surface area contributed by atoms with Crippen LogP contribution in [0.1, 0.15) is 87.1 Å². The first kappa shape index (κ1) is 47.1. The Bertz CT molecular complexity index is 1930. The zero-order valence-corrected chi connectivity index (χ0v) is 36.5. The van der Waals surface area contributed by atoms with Gasteiger partial charge in [-0.15, -0.1) is 0 Å². The third kappa shape index (κ3) is 9.90. The van der Waals surface area contributed by atoms with Crippen LogP contribution in [0.2, 0.25) is 0 Å². The lowest BCUT2D eigenvalue weighted by Gasteiger charge is -2.47. The second kappa shape index (κ2) is 18.6. The van der Waals surface area contributed by atoms with Gasteiger partial charge in [-0.3, -0.25) is 9.59 Å². The summed E-state index contributed by atoms with van der Waals surface area (Å²) in [5.41, 5.74) is 0.798. The fourth-order valence-corrected chi connectivity index (χ4v) is 8.90. The first-order chi connectivity index (χ1) is 28.0. The minimum absolute atomic E-state index is 0.00492. The molecule has 60 heavy (non-hydrogen) atoms. The Morgan fingerprint density at radius 1 is 1.12 bits per heavy atom. The minimum Gasteiger partial charge on any atom is -0.457 e. The summed E-state index contributed by atoms with van der Waals surface area (Å²) >= 11 is 0. The smallest absolute Gasteiger partial charge is 0.351 e. The van der Waals surface area contributed by atoms with Crippen LogP contribution < -0.4 is 5.73 Å². The first-order valence-corrected chi connectivity index (χ1v) is 20.5. The quantitative estimate of drug-likeness (QED) is 0.204. The number of cyclic esters (lactones) is 1. The number of hydrogen-bond donors (Lipinski definition) is 3. The van der Waals surface area contributed by atoms with Crippen molar-refractivity contribution in [2.24, 2.45) is 27.9 Å². The number of Topliss-reactive ketones (excluding diaryl/α,β-unsaturated/α-hetero) is 1. The highest BCUT2D eigenvalue weighted by Gasteiger charge is 2.56. The number of likely N-dealkylation sites (N-methyl/N-ethyl adjacent to an activating group) is 1. The molecule has 18 heteroatoms. The number of hydrogen-bond acceptors (Lipinski definition) is 16. The number of esters is 1. The molecular formula is C42H62FN5O12. The van der Waals surface area contributed by atoms with Gasteiger partial charge in [0.2, 0.25) is 5.91 Å². The zero-order valence-electron chi connectivity index (χ0n) is 36.5. The summed E-state index contributed by atoms with van der Waals surface area (Å²) in [5, 5.41) is 32.8. The minimum atomic E-state index is -3.23. The van der Waals surface area contributed by atoms with Crippen LogP contribution >= 0.6 is 0 Å². The molecule has 0 radical (unpaired) electrons.